The maximum atomic E-state index is 12.9. The van der Waals surface area contributed by atoms with Crippen LogP contribution in [-0.4, -0.2) is 29.9 Å². The average Bonchev–Trinajstić information content (AvgIpc) is 3.32. The van der Waals surface area contributed by atoms with Crippen molar-refractivity contribution in [3.05, 3.63) is 87.3 Å². The number of amides is 4. The molecular weight excluding hydrogens is 483 g/mol. The molecule has 34 heavy (non-hydrogen) atoms. The third-order valence-electron chi connectivity index (χ3n) is 4.98. The number of nitrogens with zero attached hydrogens (tertiary/aromatic N) is 1. The Kier molecular flexibility index (Phi) is 6.90. The summed E-state index contributed by atoms with van der Waals surface area (Å²) in [5.41, 5.74) is 1.04. The Balaban J connectivity index is 1.55. The quantitative estimate of drug-likeness (QED) is 0.368. The number of methoxy groups -OCH3 is 1. The summed E-state index contributed by atoms with van der Waals surface area (Å²) in [4.78, 5) is 38.3. The van der Waals surface area contributed by atoms with E-state index in [1.54, 1.807) is 48.5 Å². The van der Waals surface area contributed by atoms with Gasteiger partial charge in [0.1, 0.15) is 17.9 Å². The van der Waals surface area contributed by atoms with Crippen molar-refractivity contribution in [3.63, 3.8) is 0 Å². The number of rotatable bonds is 7. The van der Waals surface area contributed by atoms with E-state index in [0.717, 1.165) is 10.5 Å². The number of barbiturate groups is 1. The first-order chi connectivity index (χ1) is 16.4. The van der Waals surface area contributed by atoms with E-state index < -0.39 is 17.8 Å². The molecule has 1 fully saturated rings. The highest BCUT2D eigenvalue weighted by molar-refractivity contribution is 6.35. The fourth-order valence-electron chi connectivity index (χ4n) is 3.25. The molecule has 0 radical (unpaired) electrons. The van der Waals surface area contributed by atoms with Gasteiger partial charge in [0.25, 0.3) is 11.8 Å². The van der Waals surface area contributed by atoms with Crippen LogP contribution in [0.3, 0.4) is 0 Å². The lowest BCUT2D eigenvalue weighted by Gasteiger charge is -2.25. The van der Waals surface area contributed by atoms with E-state index in [2.05, 4.69) is 5.32 Å². The summed E-state index contributed by atoms with van der Waals surface area (Å²) in [5.74, 6) is -0.304. The second kappa shape index (κ2) is 10.0. The standard InChI is InChI=1S/C24H18Cl2N2O6/c1-32-21-10-14(4-7-20(21)34-13-15-5-6-16(25)11-19(15)26)9-18-22(29)27-24(31)28(23(18)30)12-17-3-2-8-33-17/h2-11H,12-13H2,1H3,(H,27,29,31)/b18-9+. The first kappa shape index (κ1) is 23.4. The highest BCUT2D eigenvalue weighted by Gasteiger charge is 2.36. The number of benzene rings is 2. The maximum Gasteiger partial charge on any atom is 0.331 e. The van der Waals surface area contributed by atoms with Crippen LogP contribution in [-0.2, 0) is 22.7 Å². The number of nitrogens with one attached hydrogen (secondary N) is 1. The Morgan fingerprint density at radius 2 is 1.88 bits per heavy atom. The van der Waals surface area contributed by atoms with Crippen molar-refractivity contribution in [2.24, 2.45) is 0 Å². The van der Waals surface area contributed by atoms with Gasteiger partial charge in [0.2, 0.25) is 0 Å². The van der Waals surface area contributed by atoms with Gasteiger partial charge in [-0.15, -0.1) is 0 Å². The maximum absolute atomic E-state index is 12.9. The number of halogens is 2. The topological polar surface area (TPSA) is 98.1 Å². The minimum absolute atomic E-state index is 0.106. The van der Waals surface area contributed by atoms with Crippen molar-refractivity contribution >= 4 is 47.1 Å². The molecule has 1 aliphatic heterocycles. The highest BCUT2D eigenvalue weighted by atomic mass is 35.5. The Morgan fingerprint density at radius 3 is 2.59 bits per heavy atom. The molecule has 0 spiro atoms. The van der Waals surface area contributed by atoms with Gasteiger partial charge in [-0.3, -0.25) is 19.8 Å². The fourth-order valence-corrected chi connectivity index (χ4v) is 3.71. The lowest BCUT2D eigenvalue weighted by molar-refractivity contribution is -0.130. The van der Waals surface area contributed by atoms with Gasteiger partial charge >= 0.3 is 6.03 Å². The molecule has 2 heterocycles. The largest absolute Gasteiger partial charge is 0.493 e. The molecule has 174 valence electrons. The zero-order valence-corrected chi connectivity index (χ0v) is 19.4. The Labute approximate surface area is 204 Å². The van der Waals surface area contributed by atoms with Gasteiger partial charge < -0.3 is 13.9 Å². The van der Waals surface area contributed by atoms with Crippen molar-refractivity contribution in [1.29, 1.82) is 0 Å². The highest BCUT2D eigenvalue weighted by Crippen LogP contribution is 2.31. The third kappa shape index (κ3) is 5.08. The average molecular weight is 501 g/mol. The number of urea groups is 1. The molecule has 0 atom stereocenters. The van der Waals surface area contributed by atoms with E-state index in [4.69, 9.17) is 37.1 Å². The van der Waals surface area contributed by atoms with Crippen LogP contribution in [0.15, 0.2) is 64.8 Å². The number of carbonyl (C=O) groups excluding carboxylic acids is 3. The molecule has 8 nitrogen and oxygen atoms in total. The predicted octanol–water partition coefficient (Wildman–Crippen LogP) is 4.84. The summed E-state index contributed by atoms with van der Waals surface area (Å²) in [6, 6.07) is 12.5. The van der Waals surface area contributed by atoms with Crippen molar-refractivity contribution < 1.29 is 28.3 Å². The molecular formula is C24H18Cl2N2O6. The van der Waals surface area contributed by atoms with Gasteiger partial charge in [-0.1, -0.05) is 35.3 Å². The molecule has 0 saturated carbocycles. The van der Waals surface area contributed by atoms with Gasteiger partial charge in [0.05, 0.1) is 19.9 Å². The molecule has 0 bridgehead atoms. The predicted molar refractivity (Wildman–Crippen MR) is 125 cm³/mol. The van der Waals surface area contributed by atoms with Gasteiger partial charge in [-0.2, -0.15) is 0 Å². The Hall–Kier alpha value is -3.75. The van der Waals surface area contributed by atoms with Crippen LogP contribution in [0.5, 0.6) is 11.5 Å². The van der Waals surface area contributed by atoms with Crippen LogP contribution in [0.25, 0.3) is 6.08 Å². The summed E-state index contributed by atoms with van der Waals surface area (Å²) in [7, 11) is 1.47. The molecule has 1 N–H and O–H groups in total. The molecule has 2 aromatic carbocycles. The second-order valence-corrected chi connectivity index (χ2v) is 8.07. The van der Waals surface area contributed by atoms with Crippen LogP contribution in [0.2, 0.25) is 10.0 Å². The monoisotopic (exact) mass is 500 g/mol. The number of hydrogen-bond donors (Lipinski definition) is 1. The Morgan fingerprint density at radius 1 is 1.06 bits per heavy atom. The fraction of sp³-hybridized carbons (Fsp3) is 0.125. The van der Waals surface area contributed by atoms with Crippen molar-refractivity contribution in [2.75, 3.05) is 7.11 Å². The smallest absolute Gasteiger partial charge is 0.331 e. The number of carbonyl (C=O) groups is 3. The van der Waals surface area contributed by atoms with Crippen LogP contribution in [0.1, 0.15) is 16.9 Å². The number of hydrogen-bond acceptors (Lipinski definition) is 6. The number of ether oxygens (including phenoxy) is 2. The number of furan rings is 1. The Bertz CT molecular complexity index is 1290. The first-order valence-electron chi connectivity index (χ1n) is 10.0. The first-order valence-corrected chi connectivity index (χ1v) is 10.8. The zero-order chi connectivity index (χ0) is 24.2. The molecule has 4 rings (SSSR count). The molecule has 3 aromatic rings. The third-order valence-corrected chi connectivity index (χ3v) is 5.56. The molecule has 4 amide bonds. The van der Waals surface area contributed by atoms with E-state index in [-0.39, 0.29) is 18.7 Å². The summed E-state index contributed by atoms with van der Waals surface area (Å²) < 4.78 is 16.4. The van der Waals surface area contributed by atoms with Crippen LogP contribution >= 0.6 is 23.2 Å². The van der Waals surface area contributed by atoms with E-state index in [0.29, 0.717) is 32.9 Å². The minimum atomic E-state index is -0.814. The summed E-state index contributed by atoms with van der Waals surface area (Å²) >= 11 is 12.1. The number of imide groups is 2. The zero-order valence-electron chi connectivity index (χ0n) is 17.8. The lowest BCUT2D eigenvalue weighted by Crippen LogP contribution is -2.53. The second-order valence-electron chi connectivity index (χ2n) is 7.22. The minimum Gasteiger partial charge on any atom is -0.493 e. The lowest BCUT2D eigenvalue weighted by atomic mass is 10.1. The summed E-state index contributed by atoms with van der Waals surface area (Å²) in [6.07, 6.45) is 2.81. The van der Waals surface area contributed by atoms with Crippen LogP contribution in [0.4, 0.5) is 4.79 Å². The normalized spacial score (nSPS) is 15.0. The van der Waals surface area contributed by atoms with Crippen LogP contribution in [0, 0.1) is 0 Å². The molecule has 1 aromatic heterocycles. The van der Waals surface area contributed by atoms with E-state index in [1.807, 2.05) is 0 Å². The van der Waals surface area contributed by atoms with Gasteiger partial charge in [-0.25, -0.2) is 4.79 Å². The van der Waals surface area contributed by atoms with Gasteiger partial charge in [0, 0.05) is 15.6 Å². The van der Waals surface area contributed by atoms with Crippen molar-refractivity contribution in [2.45, 2.75) is 13.2 Å². The van der Waals surface area contributed by atoms with E-state index >= 15 is 0 Å². The van der Waals surface area contributed by atoms with Crippen LogP contribution < -0.4 is 14.8 Å². The molecule has 1 saturated heterocycles. The molecule has 0 aliphatic carbocycles. The molecule has 0 unspecified atom stereocenters. The molecule has 10 heteroatoms. The summed E-state index contributed by atoms with van der Waals surface area (Å²) in [6.45, 7) is 0.0726. The van der Waals surface area contributed by atoms with Crippen molar-refractivity contribution in [3.8, 4) is 11.5 Å². The molecule has 1 aliphatic rings. The SMILES string of the molecule is COc1cc(/C=C2\C(=O)NC(=O)N(Cc3ccco3)C2=O)ccc1OCc1ccc(Cl)cc1Cl. The van der Waals surface area contributed by atoms with E-state index in [1.165, 1.54) is 19.4 Å². The summed E-state index contributed by atoms with van der Waals surface area (Å²) in [5, 5.41) is 3.17. The van der Waals surface area contributed by atoms with E-state index in [9.17, 15) is 14.4 Å². The van der Waals surface area contributed by atoms with Gasteiger partial charge in [-0.05, 0) is 48.0 Å². The van der Waals surface area contributed by atoms with Crippen molar-refractivity contribution in [1.82, 2.24) is 10.2 Å². The van der Waals surface area contributed by atoms with Gasteiger partial charge in [0.15, 0.2) is 11.5 Å².